The van der Waals surface area contributed by atoms with E-state index in [0.717, 1.165) is 43.2 Å². The number of carbonyl (C=O) groups excluding carboxylic acids is 2. The Bertz CT molecular complexity index is 1450. The van der Waals surface area contributed by atoms with Gasteiger partial charge in [-0.25, -0.2) is 18.2 Å². The van der Waals surface area contributed by atoms with Gasteiger partial charge >= 0.3 is 0 Å². The van der Waals surface area contributed by atoms with Crippen LogP contribution in [0.5, 0.6) is 0 Å². The molecule has 1 saturated carbocycles. The minimum Gasteiger partial charge on any atom is -0.322 e. The Hall–Kier alpha value is -4.54. The van der Waals surface area contributed by atoms with Gasteiger partial charge in [0.05, 0.1) is 5.56 Å². The molecule has 0 bridgehead atoms. The van der Waals surface area contributed by atoms with Crippen LogP contribution < -0.4 is 10.6 Å². The number of hydrogen-bond acceptors (Lipinski definition) is 5. The van der Waals surface area contributed by atoms with E-state index in [2.05, 4.69) is 25.8 Å². The molecule has 2 amide bonds. The van der Waals surface area contributed by atoms with Gasteiger partial charge in [0.15, 0.2) is 17.5 Å². The summed E-state index contributed by atoms with van der Waals surface area (Å²) < 4.78 is 42.9. The summed E-state index contributed by atoms with van der Waals surface area (Å²) in [5.41, 5.74) is 0.103. The number of carbonyl (C=O) groups is 2. The summed E-state index contributed by atoms with van der Waals surface area (Å²) in [5, 5.41) is 13.0. The Balaban J connectivity index is 1.33. The lowest BCUT2D eigenvalue weighted by atomic mass is 10.1. The number of nitrogens with zero attached hydrogens (tertiary/aromatic N) is 4. The van der Waals surface area contributed by atoms with Gasteiger partial charge in [0.1, 0.15) is 23.7 Å². The van der Waals surface area contributed by atoms with Crippen molar-refractivity contribution in [3.63, 3.8) is 0 Å². The van der Waals surface area contributed by atoms with Crippen LogP contribution in [0.3, 0.4) is 0 Å². The van der Waals surface area contributed by atoms with E-state index in [1.54, 1.807) is 24.5 Å². The predicted molar refractivity (Wildman–Crippen MR) is 120 cm³/mol. The molecule has 2 aromatic carbocycles. The molecule has 0 saturated heterocycles. The summed E-state index contributed by atoms with van der Waals surface area (Å²) >= 11 is 0. The van der Waals surface area contributed by atoms with E-state index in [4.69, 9.17) is 0 Å². The van der Waals surface area contributed by atoms with Gasteiger partial charge in [-0.2, -0.15) is 0 Å². The molecule has 176 valence electrons. The summed E-state index contributed by atoms with van der Waals surface area (Å²) in [6.07, 6.45) is 3.70. The molecule has 0 unspecified atom stereocenters. The highest BCUT2D eigenvalue weighted by molar-refractivity contribution is 6.07. The number of nitrogens with one attached hydrogen (secondary N) is 2. The van der Waals surface area contributed by atoms with Crippen molar-refractivity contribution in [2.45, 2.75) is 18.9 Å². The van der Waals surface area contributed by atoms with Crippen LogP contribution in [-0.4, -0.2) is 31.6 Å². The fraction of sp³-hybridized carbons (Fsp3) is 0.125. The molecule has 8 nitrogen and oxygen atoms in total. The Kier molecular flexibility index (Phi) is 5.73. The summed E-state index contributed by atoms with van der Waals surface area (Å²) in [7, 11) is 0. The van der Waals surface area contributed by atoms with Gasteiger partial charge in [0.2, 0.25) is 0 Å². The highest BCUT2D eigenvalue weighted by atomic mass is 19.2. The lowest BCUT2D eigenvalue weighted by Crippen LogP contribution is -2.17. The minimum atomic E-state index is -1.18. The van der Waals surface area contributed by atoms with Crippen molar-refractivity contribution >= 4 is 23.3 Å². The van der Waals surface area contributed by atoms with E-state index in [1.807, 2.05) is 4.57 Å². The maximum Gasteiger partial charge on any atom is 0.259 e. The van der Waals surface area contributed by atoms with Crippen LogP contribution in [0.1, 0.15) is 39.6 Å². The Morgan fingerprint density at radius 2 is 1.69 bits per heavy atom. The van der Waals surface area contributed by atoms with Crippen molar-refractivity contribution in [1.29, 1.82) is 0 Å². The second-order valence-electron chi connectivity index (χ2n) is 7.93. The van der Waals surface area contributed by atoms with Gasteiger partial charge in [0.25, 0.3) is 11.8 Å². The van der Waals surface area contributed by atoms with Crippen molar-refractivity contribution in [2.75, 3.05) is 10.6 Å². The van der Waals surface area contributed by atoms with Crippen molar-refractivity contribution in [3.8, 4) is 11.5 Å². The summed E-state index contributed by atoms with van der Waals surface area (Å²) in [4.78, 5) is 29.5. The molecular formula is C24H17F3N6O2. The van der Waals surface area contributed by atoms with Crippen LogP contribution in [0.15, 0.2) is 60.9 Å². The van der Waals surface area contributed by atoms with Crippen LogP contribution in [0.2, 0.25) is 0 Å². The smallest absolute Gasteiger partial charge is 0.259 e. The number of aromatic nitrogens is 4. The third-order valence-electron chi connectivity index (χ3n) is 5.38. The van der Waals surface area contributed by atoms with Gasteiger partial charge in [-0.3, -0.25) is 9.59 Å². The maximum absolute atomic E-state index is 14.4. The zero-order valence-electron chi connectivity index (χ0n) is 18.0. The molecule has 5 rings (SSSR count). The summed E-state index contributed by atoms with van der Waals surface area (Å²) in [6, 6.07) is 11.3. The summed E-state index contributed by atoms with van der Waals surface area (Å²) in [5.74, 6) is -3.89. The highest BCUT2D eigenvalue weighted by Gasteiger charge is 2.27. The molecule has 1 fully saturated rings. The molecule has 35 heavy (non-hydrogen) atoms. The third-order valence-corrected chi connectivity index (χ3v) is 5.38. The second-order valence-corrected chi connectivity index (χ2v) is 7.93. The third kappa shape index (κ3) is 4.74. The number of anilines is 2. The van der Waals surface area contributed by atoms with Crippen LogP contribution in [-0.2, 0) is 0 Å². The molecule has 0 aliphatic heterocycles. The van der Waals surface area contributed by atoms with E-state index in [9.17, 15) is 22.8 Å². The number of amides is 2. The Morgan fingerprint density at radius 3 is 2.46 bits per heavy atom. The topological polar surface area (TPSA) is 102 Å². The fourth-order valence-electron chi connectivity index (χ4n) is 3.48. The number of benzene rings is 2. The fourth-order valence-corrected chi connectivity index (χ4v) is 3.48. The molecule has 0 spiro atoms. The van der Waals surface area contributed by atoms with Crippen LogP contribution >= 0.6 is 0 Å². The molecule has 0 radical (unpaired) electrons. The normalized spacial score (nSPS) is 12.9. The minimum absolute atomic E-state index is 0.0885. The average Bonchev–Trinajstić information content (AvgIpc) is 3.58. The molecule has 2 heterocycles. The standard InChI is InChI=1S/C24H17F3N6O2/c25-17-9-5-14(29-23(34)13-4-8-18(26)19(27)10-13)11-16(17)24(35)31-21-3-1-2-20(30-21)22-32-28-12-33(22)15-6-7-15/h1-5,8-12,15H,6-7H2,(H,29,34)(H,30,31,35). The van der Waals surface area contributed by atoms with E-state index >= 15 is 0 Å². The highest BCUT2D eigenvalue weighted by Crippen LogP contribution is 2.37. The van der Waals surface area contributed by atoms with E-state index in [0.29, 0.717) is 17.6 Å². The monoisotopic (exact) mass is 478 g/mol. The number of pyridine rings is 1. The first kappa shape index (κ1) is 22.3. The zero-order chi connectivity index (χ0) is 24.5. The molecule has 4 aromatic rings. The largest absolute Gasteiger partial charge is 0.322 e. The molecular weight excluding hydrogens is 461 g/mol. The van der Waals surface area contributed by atoms with Gasteiger partial charge in [-0.05, 0) is 61.4 Å². The van der Waals surface area contributed by atoms with Gasteiger partial charge in [-0.15, -0.1) is 10.2 Å². The van der Waals surface area contributed by atoms with Crippen molar-refractivity contribution < 1.29 is 22.8 Å². The first-order chi connectivity index (χ1) is 16.9. The Morgan fingerprint density at radius 1 is 0.886 bits per heavy atom. The van der Waals surface area contributed by atoms with Crippen molar-refractivity contribution in [2.24, 2.45) is 0 Å². The van der Waals surface area contributed by atoms with Gasteiger partial charge in [0, 0.05) is 17.3 Å². The average molecular weight is 478 g/mol. The molecule has 2 N–H and O–H groups in total. The van der Waals surface area contributed by atoms with E-state index < -0.39 is 29.3 Å². The Labute approximate surface area is 196 Å². The molecule has 2 aromatic heterocycles. The lowest BCUT2D eigenvalue weighted by molar-refractivity contribution is 0.101. The molecule has 0 atom stereocenters. The quantitative estimate of drug-likeness (QED) is 0.422. The molecule has 1 aliphatic rings. The van der Waals surface area contributed by atoms with Crippen LogP contribution in [0, 0.1) is 17.5 Å². The summed E-state index contributed by atoms with van der Waals surface area (Å²) in [6.45, 7) is 0. The van der Waals surface area contributed by atoms with Crippen molar-refractivity contribution in [1.82, 2.24) is 19.7 Å². The SMILES string of the molecule is O=C(Nc1ccc(F)c(C(=O)Nc2cccc(-c3nncn3C3CC3)n2)c1)c1ccc(F)c(F)c1. The molecule has 11 heteroatoms. The van der Waals surface area contributed by atoms with Gasteiger partial charge in [-0.1, -0.05) is 6.07 Å². The lowest BCUT2D eigenvalue weighted by Gasteiger charge is -2.10. The van der Waals surface area contributed by atoms with Crippen molar-refractivity contribution in [3.05, 3.63) is 89.5 Å². The maximum atomic E-state index is 14.4. The number of rotatable bonds is 6. The van der Waals surface area contributed by atoms with Gasteiger partial charge < -0.3 is 15.2 Å². The first-order valence-corrected chi connectivity index (χ1v) is 10.6. The second kappa shape index (κ2) is 9.01. The molecule has 1 aliphatic carbocycles. The van der Waals surface area contributed by atoms with E-state index in [-0.39, 0.29) is 22.6 Å². The first-order valence-electron chi connectivity index (χ1n) is 10.6. The number of halogens is 3. The van der Waals surface area contributed by atoms with Crippen LogP contribution in [0.25, 0.3) is 11.5 Å². The number of hydrogen-bond donors (Lipinski definition) is 2. The van der Waals surface area contributed by atoms with Crippen LogP contribution in [0.4, 0.5) is 24.7 Å². The zero-order valence-corrected chi connectivity index (χ0v) is 18.0. The van der Waals surface area contributed by atoms with E-state index in [1.165, 1.54) is 6.07 Å². The predicted octanol–water partition coefficient (Wildman–Crippen LogP) is 4.60.